The van der Waals surface area contributed by atoms with E-state index in [4.69, 9.17) is 49.0 Å². The minimum absolute atomic E-state index is 0.111. The first-order valence-corrected chi connectivity index (χ1v) is 14.0. The van der Waals surface area contributed by atoms with Gasteiger partial charge >= 0.3 is 5.82 Å². The van der Waals surface area contributed by atoms with Crippen LogP contribution in [0.25, 0.3) is 20.9 Å². The molecule has 2 rings (SSSR count). The smallest absolute Gasteiger partial charge is 0.406 e. The maximum Gasteiger partial charge on any atom is 0.406 e. The van der Waals surface area contributed by atoms with E-state index in [1.807, 2.05) is 0 Å². The van der Waals surface area contributed by atoms with Crippen molar-refractivity contribution >= 4 is 5.82 Å². The average Bonchev–Trinajstić information content (AvgIpc) is 3.06. The van der Waals surface area contributed by atoms with Crippen LogP contribution >= 0.6 is 0 Å². The second-order valence-corrected chi connectivity index (χ2v) is 8.15. The molecule has 0 N–H and O–H groups in total. The lowest BCUT2D eigenvalue weighted by atomic mass is 10.4. The van der Waals surface area contributed by atoms with E-state index < -0.39 is 10.9 Å². The number of ether oxygens (including phenoxy) is 8. The number of hydrogen-bond donors (Lipinski definition) is 0. The number of pyridine rings is 2. The predicted molar refractivity (Wildman–Crippen MR) is 159 cm³/mol. The summed E-state index contributed by atoms with van der Waals surface area (Å²) in [5, 5.41) is 17.4. The molecular weight excluding hydrogens is 617 g/mol. The van der Waals surface area contributed by atoms with Crippen molar-refractivity contribution in [2.75, 3.05) is 106 Å². The number of nitrogens with zero attached hydrogens (tertiary/aromatic N) is 9. The van der Waals surface area contributed by atoms with Gasteiger partial charge in [-0.3, -0.25) is 0 Å². The summed E-state index contributed by atoms with van der Waals surface area (Å²) in [5.41, 5.74) is 16.1. The van der Waals surface area contributed by atoms with Gasteiger partial charge in [-0.25, -0.2) is 4.98 Å². The largest absolute Gasteiger partial charge is 0.486 e. The molecule has 0 bridgehead atoms. The van der Waals surface area contributed by atoms with Gasteiger partial charge in [0.1, 0.15) is 19.4 Å². The first-order chi connectivity index (χ1) is 22.6. The van der Waals surface area contributed by atoms with Crippen molar-refractivity contribution in [2.24, 2.45) is 10.2 Å². The molecule has 0 aliphatic heterocycles. The summed E-state index contributed by atoms with van der Waals surface area (Å²) in [4.78, 5) is 22.5. The summed E-state index contributed by atoms with van der Waals surface area (Å²) in [6.07, 6.45) is 2.69. The Morgan fingerprint density at radius 3 is 1.48 bits per heavy atom. The van der Waals surface area contributed by atoms with E-state index in [1.54, 1.807) is 12.1 Å². The van der Waals surface area contributed by atoms with Crippen LogP contribution in [0.2, 0.25) is 0 Å². The topological polar surface area (TPSA) is 240 Å². The van der Waals surface area contributed by atoms with Gasteiger partial charge in [-0.05, 0) is 45.2 Å². The molecule has 46 heavy (non-hydrogen) atoms. The molecule has 19 nitrogen and oxygen atoms in total. The van der Waals surface area contributed by atoms with Crippen LogP contribution in [0.1, 0.15) is 0 Å². The number of aromatic nitrogens is 2. The number of halogens is 1. The molecule has 0 saturated carbocycles. The van der Waals surface area contributed by atoms with Gasteiger partial charge in [0, 0.05) is 29.1 Å². The molecule has 0 radical (unpaired) electrons. The van der Waals surface area contributed by atoms with E-state index in [9.17, 15) is 14.5 Å². The van der Waals surface area contributed by atoms with Gasteiger partial charge in [-0.2, -0.15) is 4.39 Å². The summed E-state index contributed by atoms with van der Waals surface area (Å²) in [6, 6.07) is 6.15. The van der Waals surface area contributed by atoms with Crippen LogP contribution in [0.3, 0.4) is 0 Å². The third-order valence-electron chi connectivity index (χ3n) is 4.90. The maximum atomic E-state index is 13.1. The third kappa shape index (κ3) is 22.2. The molecule has 0 fully saturated rings. The second kappa shape index (κ2) is 29.3. The highest BCUT2D eigenvalue weighted by atomic mass is 19.1. The lowest BCUT2D eigenvalue weighted by molar-refractivity contribution is -0.390. The molecule has 0 saturated heterocycles. The summed E-state index contributed by atoms with van der Waals surface area (Å²) in [5.74, 6) is -0.729. The lowest BCUT2D eigenvalue weighted by Gasteiger charge is -2.08. The Labute approximate surface area is 264 Å². The molecule has 0 amide bonds. The fourth-order valence-corrected chi connectivity index (χ4v) is 2.92. The number of hydrogen-bond acceptors (Lipinski definition) is 14. The van der Waals surface area contributed by atoms with Gasteiger partial charge in [0.2, 0.25) is 5.75 Å². The summed E-state index contributed by atoms with van der Waals surface area (Å²) in [6.45, 7) is 5.70. The van der Waals surface area contributed by atoms with Crippen molar-refractivity contribution in [2.45, 2.75) is 0 Å². The Morgan fingerprint density at radius 2 is 1.04 bits per heavy atom. The van der Waals surface area contributed by atoms with Crippen LogP contribution in [-0.4, -0.2) is 120 Å². The molecule has 20 heteroatoms. The first kappa shape index (κ1) is 39.6. The summed E-state index contributed by atoms with van der Waals surface area (Å²) < 4.78 is 54.9. The first-order valence-electron chi connectivity index (χ1n) is 14.0. The maximum absolute atomic E-state index is 13.1. The van der Waals surface area contributed by atoms with E-state index >= 15 is 0 Å². The van der Waals surface area contributed by atoms with Crippen LogP contribution in [-0.2, 0) is 28.4 Å². The number of nitro groups is 1. The predicted octanol–water partition coefficient (Wildman–Crippen LogP) is 3.69. The van der Waals surface area contributed by atoms with Crippen molar-refractivity contribution in [3.8, 4) is 11.5 Å². The van der Waals surface area contributed by atoms with Crippen molar-refractivity contribution in [3.63, 3.8) is 0 Å². The van der Waals surface area contributed by atoms with Crippen LogP contribution in [0.4, 0.5) is 10.2 Å². The zero-order chi connectivity index (χ0) is 33.3. The normalized spacial score (nSPS) is 10.2. The zero-order valence-electron chi connectivity index (χ0n) is 25.3. The highest BCUT2D eigenvalue weighted by Gasteiger charge is 2.15. The molecule has 254 valence electrons. The third-order valence-corrected chi connectivity index (χ3v) is 4.90. The Hall–Kier alpha value is -4.39. The highest BCUT2D eigenvalue weighted by molar-refractivity contribution is 5.38. The van der Waals surface area contributed by atoms with Gasteiger partial charge in [0.25, 0.3) is 5.95 Å². The van der Waals surface area contributed by atoms with Crippen molar-refractivity contribution < 1.29 is 47.2 Å². The SMILES string of the molecule is [N-]=[N+]=NCCOCCOCCOCCOc1cccnc1F.[N-]=[N+]=NCCOCCOCCOCCOc1cccnc1[N+](=O)[O-]. The van der Waals surface area contributed by atoms with Gasteiger partial charge in [-0.15, -0.1) is 0 Å². The molecular formula is C26H38FN9O10. The van der Waals surface area contributed by atoms with Crippen LogP contribution in [0.15, 0.2) is 46.9 Å². The standard InChI is InChI=1S/C13H19FN4O4.C13H19N5O6/c14-13-12(2-1-3-16-13)22-11-10-21-9-8-20-7-6-19-5-4-17-18-15;14-17-16-4-5-21-6-7-22-8-9-23-10-11-24-12-2-1-3-15-13(12)18(19)20/h1-3H,4-11H2;1-3H,4-11H2. The molecule has 2 aromatic heterocycles. The molecule has 2 heterocycles. The molecule has 0 unspecified atom stereocenters. The van der Waals surface area contributed by atoms with E-state index in [0.717, 1.165) is 0 Å². The quantitative estimate of drug-likeness (QED) is 0.0254. The van der Waals surface area contributed by atoms with Crippen LogP contribution < -0.4 is 9.47 Å². The Morgan fingerprint density at radius 1 is 0.652 bits per heavy atom. The molecule has 0 aliphatic carbocycles. The monoisotopic (exact) mass is 655 g/mol. The molecule has 0 atom stereocenters. The lowest BCUT2D eigenvalue weighted by Crippen LogP contribution is -2.13. The van der Waals surface area contributed by atoms with Gasteiger partial charge in [0.05, 0.1) is 79.3 Å². The van der Waals surface area contributed by atoms with Crippen molar-refractivity contribution in [3.05, 3.63) is 73.6 Å². The molecule has 0 aliphatic rings. The Kier molecular flexibility index (Phi) is 25.3. The van der Waals surface area contributed by atoms with E-state index in [2.05, 4.69) is 30.0 Å². The van der Waals surface area contributed by atoms with E-state index in [0.29, 0.717) is 85.8 Å². The van der Waals surface area contributed by atoms with E-state index in [-0.39, 0.29) is 37.1 Å². The number of azide groups is 2. The molecule has 2 aromatic rings. The van der Waals surface area contributed by atoms with E-state index in [1.165, 1.54) is 24.5 Å². The van der Waals surface area contributed by atoms with Crippen molar-refractivity contribution in [1.82, 2.24) is 9.97 Å². The minimum atomic E-state index is -0.633. The molecule has 0 spiro atoms. The fraction of sp³-hybridized carbons (Fsp3) is 0.615. The van der Waals surface area contributed by atoms with Gasteiger partial charge in [-0.1, -0.05) is 10.2 Å². The molecule has 0 aromatic carbocycles. The average molecular weight is 656 g/mol. The Bertz CT molecular complexity index is 1170. The van der Waals surface area contributed by atoms with Crippen LogP contribution in [0.5, 0.6) is 11.5 Å². The van der Waals surface area contributed by atoms with Gasteiger partial charge in [0.15, 0.2) is 5.75 Å². The van der Waals surface area contributed by atoms with Crippen molar-refractivity contribution in [1.29, 1.82) is 0 Å². The summed E-state index contributed by atoms with van der Waals surface area (Å²) >= 11 is 0. The van der Waals surface area contributed by atoms with Crippen LogP contribution in [0, 0.1) is 16.1 Å². The highest BCUT2D eigenvalue weighted by Crippen LogP contribution is 2.22. The minimum Gasteiger partial charge on any atom is -0.486 e. The zero-order valence-corrected chi connectivity index (χ0v) is 25.3. The van der Waals surface area contributed by atoms with Gasteiger partial charge < -0.3 is 48.0 Å². The fourth-order valence-electron chi connectivity index (χ4n) is 2.92. The Balaban J connectivity index is 0.000000462. The number of rotatable bonds is 27. The second-order valence-electron chi connectivity index (χ2n) is 8.15. The summed E-state index contributed by atoms with van der Waals surface area (Å²) in [7, 11) is 0.